The minimum Gasteiger partial charge on any atom is -0.353 e. The summed E-state index contributed by atoms with van der Waals surface area (Å²) < 4.78 is 0. The molecule has 2 aliphatic rings. The van der Waals surface area contributed by atoms with Crippen LogP contribution in [0, 0.1) is 0 Å². The highest BCUT2D eigenvalue weighted by Crippen LogP contribution is 2.26. The number of anilines is 1. The first-order valence-electron chi connectivity index (χ1n) is 7.24. The molecule has 3 rings (SSSR count). The molecule has 1 aliphatic heterocycles. The Kier molecular flexibility index (Phi) is 4.17. The highest BCUT2D eigenvalue weighted by atomic mass is 35.5. The number of rotatable bonds is 3. The van der Waals surface area contributed by atoms with E-state index < -0.39 is 0 Å². The standard InChI is InChI=1S/C14H19ClN4O/c15-13-12(9-20)14(17-10-16-13)19-7-5-18(6-8-19)11-3-1-2-4-11/h9-11H,1-8H2. The van der Waals surface area contributed by atoms with Crippen LogP contribution in [0.25, 0.3) is 0 Å². The van der Waals surface area contributed by atoms with E-state index >= 15 is 0 Å². The molecule has 20 heavy (non-hydrogen) atoms. The van der Waals surface area contributed by atoms with Crippen molar-refractivity contribution in [2.75, 3.05) is 31.1 Å². The zero-order valence-electron chi connectivity index (χ0n) is 11.5. The van der Waals surface area contributed by atoms with Crippen LogP contribution in [0.1, 0.15) is 36.0 Å². The Bertz CT molecular complexity index is 482. The molecule has 0 N–H and O–H groups in total. The summed E-state index contributed by atoms with van der Waals surface area (Å²) in [7, 11) is 0. The van der Waals surface area contributed by atoms with Crippen molar-refractivity contribution in [3.05, 3.63) is 17.0 Å². The molecule has 1 saturated heterocycles. The number of nitrogens with zero attached hydrogens (tertiary/aromatic N) is 4. The highest BCUT2D eigenvalue weighted by molar-refractivity contribution is 6.32. The van der Waals surface area contributed by atoms with Crippen molar-refractivity contribution in [2.45, 2.75) is 31.7 Å². The molecule has 0 amide bonds. The molecule has 108 valence electrons. The van der Waals surface area contributed by atoms with Gasteiger partial charge in [0.15, 0.2) is 6.29 Å². The molecule has 2 heterocycles. The summed E-state index contributed by atoms with van der Waals surface area (Å²) in [6.07, 6.45) is 7.57. The first-order valence-corrected chi connectivity index (χ1v) is 7.62. The molecule has 5 nitrogen and oxygen atoms in total. The lowest BCUT2D eigenvalue weighted by Gasteiger charge is -2.38. The van der Waals surface area contributed by atoms with Crippen LogP contribution >= 0.6 is 11.6 Å². The van der Waals surface area contributed by atoms with Gasteiger partial charge in [0.05, 0.1) is 5.56 Å². The lowest BCUT2D eigenvalue weighted by molar-refractivity contribution is 0.112. The Balaban J connectivity index is 1.68. The van der Waals surface area contributed by atoms with E-state index in [0.29, 0.717) is 11.4 Å². The molecule has 1 saturated carbocycles. The summed E-state index contributed by atoms with van der Waals surface area (Å²) in [5.74, 6) is 0.672. The fraction of sp³-hybridized carbons (Fsp3) is 0.643. The van der Waals surface area contributed by atoms with Crippen LogP contribution < -0.4 is 4.90 Å². The van der Waals surface area contributed by atoms with Crippen molar-refractivity contribution < 1.29 is 4.79 Å². The number of piperazine rings is 1. The largest absolute Gasteiger partial charge is 0.353 e. The predicted octanol–water partition coefficient (Wildman–Crippen LogP) is 2.01. The Morgan fingerprint density at radius 3 is 2.50 bits per heavy atom. The summed E-state index contributed by atoms with van der Waals surface area (Å²) in [6.45, 7) is 3.85. The van der Waals surface area contributed by atoms with Gasteiger partial charge >= 0.3 is 0 Å². The molecule has 1 aromatic heterocycles. The zero-order valence-corrected chi connectivity index (χ0v) is 12.2. The van der Waals surface area contributed by atoms with Gasteiger partial charge in [0.25, 0.3) is 0 Å². The number of halogens is 1. The molecule has 6 heteroatoms. The van der Waals surface area contributed by atoms with Gasteiger partial charge in [0.1, 0.15) is 17.3 Å². The molecular formula is C14H19ClN4O. The number of aromatic nitrogens is 2. The molecule has 0 unspecified atom stereocenters. The maximum Gasteiger partial charge on any atom is 0.156 e. The molecule has 1 aliphatic carbocycles. The highest BCUT2D eigenvalue weighted by Gasteiger charge is 2.27. The van der Waals surface area contributed by atoms with Gasteiger partial charge < -0.3 is 4.90 Å². The van der Waals surface area contributed by atoms with Gasteiger partial charge in [-0.1, -0.05) is 24.4 Å². The average Bonchev–Trinajstić information content (AvgIpc) is 3.01. The van der Waals surface area contributed by atoms with Crippen molar-refractivity contribution in [1.82, 2.24) is 14.9 Å². The maximum absolute atomic E-state index is 11.2. The van der Waals surface area contributed by atoms with Gasteiger partial charge in [-0.3, -0.25) is 9.69 Å². The lowest BCUT2D eigenvalue weighted by atomic mass is 10.1. The van der Waals surface area contributed by atoms with Crippen LogP contribution in [0.5, 0.6) is 0 Å². The van der Waals surface area contributed by atoms with E-state index in [1.807, 2.05) is 0 Å². The number of hydrogen-bond acceptors (Lipinski definition) is 5. The second-order valence-corrected chi connectivity index (χ2v) is 5.84. The molecule has 0 aromatic carbocycles. The fourth-order valence-electron chi connectivity index (χ4n) is 3.29. The third-order valence-electron chi connectivity index (χ3n) is 4.39. The smallest absolute Gasteiger partial charge is 0.156 e. The molecular weight excluding hydrogens is 276 g/mol. The Hall–Kier alpha value is -1.20. The van der Waals surface area contributed by atoms with E-state index in [1.165, 1.54) is 32.0 Å². The van der Waals surface area contributed by atoms with Crippen LogP contribution in [0.3, 0.4) is 0 Å². The second kappa shape index (κ2) is 6.06. The summed E-state index contributed by atoms with van der Waals surface area (Å²) in [4.78, 5) is 24.0. The van der Waals surface area contributed by atoms with Gasteiger partial charge in [-0.25, -0.2) is 9.97 Å². The molecule has 0 bridgehead atoms. The Morgan fingerprint density at radius 2 is 1.85 bits per heavy atom. The third kappa shape index (κ3) is 2.65. The van der Waals surface area contributed by atoms with E-state index in [9.17, 15) is 4.79 Å². The van der Waals surface area contributed by atoms with E-state index in [2.05, 4.69) is 19.8 Å². The van der Waals surface area contributed by atoms with Crippen molar-refractivity contribution in [2.24, 2.45) is 0 Å². The quantitative estimate of drug-likeness (QED) is 0.630. The van der Waals surface area contributed by atoms with Gasteiger partial charge in [0, 0.05) is 32.2 Å². The van der Waals surface area contributed by atoms with Crippen LogP contribution in [-0.2, 0) is 0 Å². The van der Waals surface area contributed by atoms with Gasteiger partial charge in [0.2, 0.25) is 0 Å². The predicted molar refractivity (Wildman–Crippen MR) is 78.5 cm³/mol. The SMILES string of the molecule is O=Cc1c(Cl)ncnc1N1CCN(C2CCCC2)CC1. The van der Waals surface area contributed by atoms with Crippen molar-refractivity contribution in [3.8, 4) is 0 Å². The monoisotopic (exact) mass is 294 g/mol. The van der Waals surface area contributed by atoms with Crippen LogP contribution in [0.2, 0.25) is 5.15 Å². The summed E-state index contributed by atoms with van der Waals surface area (Å²) in [5.41, 5.74) is 0.406. The summed E-state index contributed by atoms with van der Waals surface area (Å²) in [5, 5.41) is 0.239. The molecule has 1 aromatic rings. The summed E-state index contributed by atoms with van der Waals surface area (Å²) >= 11 is 5.96. The maximum atomic E-state index is 11.2. The van der Waals surface area contributed by atoms with Crippen LogP contribution in [-0.4, -0.2) is 53.4 Å². The number of hydrogen-bond donors (Lipinski definition) is 0. The average molecular weight is 295 g/mol. The first-order chi connectivity index (χ1) is 9.79. The Labute approximate surface area is 123 Å². The molecule has 0 spiro atoms. The first kappa shape index (κ1) is 13.8. The van der Waals surface area contributed by atoms with E-state index in [-0.39, 0.29) is 5.15 Å². The minimum absolute atomic E-state index is 0.239. The van der Waals surface area contributed by atoms with Gasteiger partial charge in [-0.05, 0) is 12.8 Å². The van der Waals surface area contributed by atoms with E-state index in [4.69, 9.17) is 11.6 Å². The fourth-order valence-corrected chi connectivity index (χ4v) is 3.46. The molecule has 0 radical (unpaired) electrons. The number of carbonyl (C=O) groups is 1. The van der Waals surface area contributed by atoms with E-state index in [0.717, 1.165) is 38.5 Å². The van der Waals surface area contributed by atoms with Crippen LogP contribution in [0.15, 0.2) is 6.33 Å². The van der Waals surface area contributed by atoms with Crippen molar-refractivity contribution in [1.29, 1.82) is 0 Å². The zero-order chi connectivity index (χ0) is 13.9. The molecule has 2 fully saturated rings. The third-order valence-corrected chi connectivity index (χ3v) is 4.69. The van der Waals surface area contributed by atoms with Gasteiger partial charge in [-0.15, -0.1) is 0 Å². The van der Waals surface area contributed by atoms with Crippen LogP contribution in [0.4, 0.5) is 5.82 Å². The normalized spacial score (nSPS) is 21.4. The molecule has 0 atom stereocenters. The number of carbonyl (C=O) groups excluding carboxylic acids is 1. The minimum atomic E-state index is 0.239. The van der Waals surface area contributed by atoms with Crippen molar-refractivity contribution in [3.63, 3.8) is 0 Å². The summed E-state index contributed by atoms with van der Waals surface area (Å²) in [6, 6.07) is 0.761. The van der Waals surface area contributed by atoms with Gasteiger partial charge in [-0.2, -0.15) is 0 Å². The topological polar surface area (TPSA) is 49.3 Å². The second-order valence-electron chi connectivity index (χ2n) is 5.48. The number of aldehydes is 1. The lowest BCUT2D eigenvalue weighted by Crippen LogP contribution is -2.50. The Morgan fingerprint density at radius 1 is 1.15 bits per heavy atom. The van der Waals surface area contributed by atoms with Crippen molar-refractivity contribution >= 4 is 23.7 Å². The van der Waals surface area contributed by atoms with E-state index in [1.54, 1.807) is 0 Å².